The van der Waals surface area contributed by atoms with Crippen molar-refractivity contribution in [3.8, 4) is 0 Å². The number of carbonyl (C=O) groups excluding carboxylic acids is 2. The SMILES string of the molecule is O=C(CCCC(=O)N1[C@H]2CC[C@H]1CC(c1ccc(F)cc1)C2)N1CCc2ccccc21. The highest BCUT2D eigenvalue weighted by Crippen LogP contribution is 2.43. The van der Waals surface area contributed by atoms with E-state index >= 15 is 0 Å². The minimum atomic E-state index is -0.202. The van der Waals surface area contributed by atoms with Crippen LogP contribution >= 0.6 is 0 Å². The van der Waals surface area contributed by atoms with Crippen molar-refractivity contribution in [2.75, 3.05) is 11.4 Å². The van der Waals surface area contributed by atoms with Crippen LogP contribution in [-0.2, 0) is 16.0 Å². The molecule has 2 aromatic rings. The maximum atomic E-state index is 13.3. The van der Waals surface area contributed by atoms with E-state index in [1.165, 1.54) is 23.3 Å². The van der Waals surface area contributed by atoms with Gasteiger partial charge in [-0.05, 0) is 73.8 Å². The lowest BCUT2D eigenvalue weighted by atomic mass is 9.85. The molecule has 2 saturated heterocycles. The number of carbonyl (C=O) groups is 2. The normalized spacial score (nSPS) is 24.4. The van der Waals surface area contributed by atoms with Crippen molar-refractivity contribution in [1.82, 2.24) is 4.90 Å². The topological polar surface area (TPSA) is 40.6 Å². The van der Waals surface area contributed by atoms with Crippen LogP contribution in [0.15, 0.2) is 48.5 Å². The van der Waals surface area contributed by atoms with Gasteiger partial charge in [-0.2, -0.15) is 0 Å². The van der Waals surface area contributed by atoms with Gasteiger partial charge in [0.1, 0.15) is 5.82 Å². The Balaban J connectivity index is 1.14. The van der Waals surface area contributed by atoms with E-state index in [9.17, 15) is 14.0 Å². The van der Waals surface area contributed by atoms with Crippen molar-refractivity contribution in [3.63, 3.8) is 0 Å². The summed E-state index contributed by atoms with van der Waals surface area (Å²) in [7, 11) is 0. The number of anilines is 1. The van der Waals surface area contributed by atoms with Gasteiger partial charge in [0.25, 0.3) is 0 Å². The predicted octanol–water partition coefficient (Wildman–Crippen LogP) is 4.82. The van der Waals surface area contributed by atoms with Crippen LogP contribution in [0, 0.1) is 5.82 Å². The number of hydrogen-bond acceptors (Lipinski definition) is 2. The molecular weight excluding hydrogens is 391 g/mol. The Morgan fingerprint density at radius 3 is 2.32 bits per heavy atom. The van der Waals surface area contributed by atoms with Crippen molar-refractivity contribution in [2.45, 2.75) is 69.4 Å². The quantitative estimate of drug-likeness (QED) is 0.696. The van der Waals surface area contributed by atoms with Crippen LogP contribution in [0.1, 0.15) is 62.0 Å². The first-order valence-corrected chi connectivity index (χ1v) is 11.5. The summed E-state index contributed by atoms with van der Waals surface area (Å²) in [4.78, 5) is 29.7. The molecule has 0 aromatic heterocycles. The molecule has 3 aliphatic rings. The second kappa shape index (κ2) is 8.45. The first kappa shape index (κ1) is 20.2. The third-order valence-corrected chi connectivity index (χ3v) is 7.33. The average Bonchev–Trinajstić information content (AvgIpc) is 3.32. The van der Waals surface area contributed by atoms with Gasteiger partial charge in [-0.3, -0.25) is 9.59 Å². The number of para-hydroxylation sites is 1. The number of benzene rings is 2. The predicted molar refractivity (Wildman–Crippen MR) is 118 cm³/mol. The molecule has 0 N–H and O–H groups in total. The largest absolute Gasteiger partial charge is 0.337 e. The van der Waals surface area contributed by atoms with Crippen LogP contribution < -0.4 is 4.90 Å². The summed E-state index contributed by atoms with van der Waals surface area (Å²) in [6, 6.07) is 15.5. The number of nitrogens with zero attached hydrogens (tertiary/aromatic N) is 2. The first-order valence-electron chi connectivity index (χ1n) is 11.5. The van der Waals surface area contributed by atoms with Gasteiger partial charge in [0.05, 0.1) is 0 Å². The fraction of sp³-hybridized carbons (Fsp3) is 0.462. The van der Waals surface area contributed by atoms with Gasteiger partial charge in [-0.25, -0.2) is 4.39 Å². The molecule has 3 aliphatic heterocycles. The fourth-order valence-electron chi connectivity index (χ4n) is 5.84. The van der Waals surface area contributed by atoms with Crippen molar-refractivity contribution in [1.29, 1.82) is 0 Å². The van der Waals surface area contributed by atoms with Crippen molar-refractivity contribution in [3.05, 3.63) is 65.5 Å². The Morgan fingerprint density at radius 2 is 1.58 bits per heavy atom. The summed E-state index contributed by atoms with van der Waals surface area (Å²) >= 11 is 0. The summed E-state index contributed by atoms with van der Waals surface area (Å²) in [5, 5.41) is 0. The van der Waals surface area contributed by atoms with Crippen molar-refractivity contribution < 1.29 is 14.0 Å². The van der Waals surface area contributed by atoms with Gasteiger partial charge in [-0.1, -0.05) is 30.3 Å². The van der Waals surface area contributed by atoms with Crippen LogP contribution in [0.3, 0.4) is 0 Å². The minimum Gasteiger partial charge on any atom is -0.337 e. The molecule has 0 unspecified atom stereocenters. The Labute approximate surface area is 183 Å². The fourth-order valence-corrected chi connectivity index (χ4v) is 5.84. The molecule has 2 bridgehead atoms. The zero-order valence-electron chi connectivity index (χ0n) is 17.8. The first-order chi connectivity index (χ1) is 15.1. The van der Waals surface area contributed by atoms with Gasteiger partial charge in [0.15, 0.2) is 0 Å². The van der Waals surface area contributed by atoms with Crippen LogP contribution in [-0.4, -0.2) is 35.3 Å². The smallest absolute Gasteiger partial charge is 0.227 e. The summed E-state index contributed by atoms with van der Waals surface area (Å²) in [5.41, 5.74) is 3.44. The van der Waals surface area contributed by atoms with E-state index in [4.69, 9.17) is 0 Å². The van der Waals surface area contributed by atoms with E-state index in [-0.39, 0.29) is 29.7 Å². The van der Waals surface area contributed by atoms with Crippen LogP contribution in [0.2, 0.25) is 0 Å². The molecule has 0 radical (unpaired) electrons. The summed E-state index contributed by atoms with van der Waals surface area (Å²) in [5.74, 6) is 0.515. The van der Waals surface area contributed by atoms with E-state index in [1.807, 2.05) is 35.2 Å². The molecule has 5 heteroatoms. The zero-order valence-corrected chi connectivity index (χ0v) is 17.8. The van der Waals surface area contributed by atoms with E-state index < -0.39 is 0 Å². The van der Waals surface area contributed by atoms with Crippen molar-refractivity contribution in [2.24, 2.45) is 0 Å². The molecule has 0 spiro atoms. The number of piperidine rings is 1. The average molecular weight is 421 g/mol. The lowest BCUT2D eigenvalue weighted by Crippen LogP contribution is -2.46. The van der Waals surface area contributed by atoms with E-state index in [0.29, 0.717) is 25.2 Å². The maximum absolute atomic E-state index is 13.3. The highest BCUT2D eigenvalue weighted by molar-refractivity contribution is 5.95. The number of amides is 2. The third kappa shape index (κ3) is 3.98. The Bertz CT molecular complexity index is 960. The van der Waals surface area contributed by atoms with Gasteiger partial charge in [0.2, 0.25) is 11.8 Å². The maximum Gasteiger partial charge on any atom is 0.227 e. The second-order valence-corrected chi connectivity index (χ2v) is 9.18. The van der Waals surface area contributed by atoms with Crippen LogP contribution in [0.5, 0.6) is 0 Å². The highest BCUT2D eigenvalue weighted by Gasteiger charge is 2.43. The van der Waals surface area contributed by atoms with Crippen LogP contribution in [0.4, 0.5) is 10.1 Å². The molecule has 2 fully saturated rings. The molecule has 2 amide bonds. The molecule has 0 saturated carbocycles. The zero-order chi connectivity index (χ0) is 21.4. The molecule has 5 rings (SSSR count). The standard InChI is InChI=1S/C26H29FN2O2/c27-21-10-8-18(9-11-21)20-16-22-12-13-23(17-20)29(22)26(31)7-3-6-25(30)28-15-14-19-4-1-2-5-24(19)28/h1-2,4-5,8-11,20,22-23H,3,6-7,12-17H2/t22-,23-/m0/s1. The molecular formula is C26H29FN2O2. The Morgan fingerprint density at radius 1 is 0.903 bits per heavy atom. The van der Waals surface area contributed by atoms with Gasteiger partial charge in [-0.15, -0.1) is 0 Å². The number of hydrogen-bond donors (Lipinski definition) is 0. The number of halogens is 1. The van der Waals surface area contributed by atoms with Gasteiger partial charge < -0.3 is 9.80 Å². The van der Waals surface area contributed by atoms with Gasteiger partial charge in [0, 0.05) is 37.2 Å². The summed E-state index contributed by atoms with van der Waals surface area (Å²) in [6.07, 6.45) is 6.39. The lowest BCUT2D eigenvalue weighted by Gasteiger charge is -2.39. The molecule has 4 nitrogen and oxygen atoms in total. The summed E-state index contributed by atoms with van der Waals surface area (Å²) < 4.78 is 13.3. The molecule has 0 aliphatic carbocycles. The third-order valence-electron chi connectivity index (χ3n) is 7.33. The van der Waals surface area contributed by atoms with E-state index in [0.717, 1.165) is 44.3 Å². The van der Waals surface area contributed by atoms with Gasteiger partial charge >= 0.3 is 0 Å². The lowest BCUT2D eigenvalue weighted by molar-refractivity contribution is -0.136. The Kier molecular flexibility index (Phi) is 5.51. The van der Waals surface area contributed by atoms with E-state index in [2.05, 4.69) is 11.0 Å². The molecule has 31 heavy (non-hydrogen) atoms. The van der Waals surface area contributed by atoms with Crippen LogP contribution in [0.25, 0.3) is 0 Å². The summed E-state index contributed by atoms with van der Waals surface area (Å²) in [6.45, 7) is 0.743. The second-order valence-electron chi connectivity index (χ2n) is 9.18. The molecule has 2 atom stereocenters. The minimum absolute atomic E-state index is 0.121. The Hall–Kier alpha value is -2.69. The van der Waals surface area contributed by atoms with E-state index in [1.54, 1.807) is 0 Å². The highest BCUT2D eigenvalue weighted by atomic mass is 19.1. The number of fused-ring (bicyclic) bond motifs is 3. The molecule has 162 valence electrons. The number of rotatable bonds is 5. The van der Waals surface area contributed by atoms with Crippen molar-refractivity contribution >= 4 is 17.5 Å². The molecule has 2 aromatic carbocycles. The monoisotopic (exact) mass is 420 g/mol. The molecule has 3 heterocycles.